The number of anilines is 1. The van der Waals surface area contributed by atoms with E-state index in [-0.39, 0.29) is 17.3 Å². The molecule has 1 aromatic carbocycles. The Hall–Kier alpha value is -1.22. The fourth-order valence-electron chi connectivity index (χ4n) is 3.07. The minimum absolute atomic E-state index is 0.00550. The van der Waals surface area contributed by atoms with Crippen molar-refractivity contribution in [3.63, 3.8) is 0 Å². The maximum atomic E-state index is 12.2. The fraction of sp³-hybridized carbons (Fsp3) is 0.533. The van der Waals surface area contributed by atoms with E-state index in [1.165, 1.54) is 5.56 Å². The highest BCUT2D eigenvalue weighted by molar-refractivity contribution is 6.29. The zero-order valence-corrected chi connectivity index (χ0v) is 12.6. The number of fused-ring (bicyclic) bond motifs is 1. The van der Waals surface area contributed by atoms with Gasteiger partial charge in [-0.15, -0.1) is 11.6 Å². The van der Waals surface area contributed by atoms with Crippen molar-refractivity contribution in [3.05, 3.63) is 23.8 Å². The smallest absolute Gasteiger partial charge is 0.242 e. The second-order valence-electron chi connectivity index (χ2n) is 5.71. The van der Waals surface area contributed by atoms with Crippen LogP contribution < -0.4 is 9.64 Å². The second-order valence-corrected chi connectivity index (χ2v) is 5.97. The molecule has 3 nitrogen and oxygen atoms in total. The van der Waals surface area contributed by atoms with Gasteiger partial charge in [0.25, 0.3) is 0 Å². The second kappa shape index (κ2) is 5.04. The number of ether oxygens (including phenoxy) is 1. The molecule has 0 bridgehead atoms. The van der Waals surface area contributed by atoms with Gasteiger partial charge in [-0.25, -0.2) is 0 Å². The number of nitrogens with zero attached hydrogens (tertiary/aromatic N) is 1. The monoisotopic (exact) mass is 281 g/mol. The molecule has 0 aromatic heterocycles. The Labute approximate surface area is 119 Å². The largest absolute Gasteiger partial charge is 0.497 e. The van der Waals surface area contributed by atoms with Gasteiger partial charge in [0.05, 0.1) is 12.8 Å². The number of alkyl halides is 1. The first kappa shape index (κ1) is 14.2. The normalized spacial score (nSPS) is 20.9. The molecule has 1 aliphatic rings. The van der Waals surface area contributed by atoms with E-state index >= 15 is 0 Å². The maximum absolute atomic E-state index is 12.2. The molecule has 1 aromatic rings. The molecule has 2 rings (SSSR count). The first-order valence-corrected chi connectivity index (χ1v) is 7.01. The minimum atomic E-state index is -0.231. The number of rotatable bonds is 2. The summed E-state index contributed by atoms with van der Waals surface area (Å²) >= 11 is 5.77. The summed E-state index contributed by atoms with van der Waals surface area (Å²) in [6.07, 6.45) is 0.926. The molecule has 1 aliphatic heterocycles. The number of carbonyl (C=O) groups is 1. The van der Waals surface area contributed by atoms with Gasteiger partial charge in [-0.2, -0.15) is 0 Å². The van der Waals surface area contributed by atoms with Crippen LogP contribution in [0.2, 0.25) is 0 Å². The number of hydrogen-bond acceptors (Lipinski definition) is 2. The molecule has 1 heterocycles. The number of halogens is 1. The average Bonchev–Trinajstić information content (AvgIpc) is 2.36. The van der Waals surface area contributed by atoms with Crippen LogP contribution in [0, 0.1) is 0 Å². The summed E-state index contributed by atoms with van der Waals surface area (Å²) in [4.78, 5) is 14.0. The first-order chi connectivity index (χ1) is 8.90. The topological polar surface area (TPSA) is 29.5 Å². The SMILES string of the molecule is COc1ccc2c(c1)N(C(=O)CCl)C(C)(C)CC2C. The van der Waals surface area contributed by atoms with Crippen molar-refractivity contribution >= 4 is 23.2 Å². The van der Waals surface area contributed by atoms with Gasteiger partial charge in [-0.1, -0.05) is 13.0 Å². The van der Waals surface area contributed by atoms with Crippen molar-refractivity contribution in [2.45, 2.75) is 38.6 Å². The van der Waals surface area contributed by atoms with Crippen LogP contribution in [0.4, 0.5) is 5.69 Å². The van der Waals surface area contributed by atoms with Gasteiger partial charge >= 0.3 is 0 Å². The minimum Gasteiger partial charge on any atom is -0.497 e. The van der Waals surface area contributed by atoms with Gasteiger partial charge in [0.1, 0.15) is 11.6 Å². The lowest BCUT2D eigenvalue weighted by Gasteiger charge is -2.45. The Kier molecular flexibility index (Phi) is 3.77. The Bertz CT molecular complexity index is 499. The average molecular weight is 282 g/mol. The van der Waals surface area contributed by atoms with Crippen LogP contribution in [-0.4, -0.2) is 24.4 Å². The Morgan fingerprint density at radius 2 is 2.21 bits per heavy atom. The summed E-state index contributed by atoms with van der Waals surface area (Å²) in [7, 11) is 1.63. The molecule has 1 unspecified atom stereocenters. The number of hydrogen-bond donors (Lipinski definition) is 0. The van der Waals surface area contributed by atoms with Crippen molar-refractivity contribution in [1.29, 1.82) is 0 Å². The molecule has 0 aliphatic carbocycles. The molecule has 1 atom stereocenters. The van der Waals surface area contributed by atoms with E-state index in [0.717, 1.165) is 17.9 Å². The van der Waals surface area contributed by atoms with Crippen LogP contribution in [0.1, 0.15) is 38.7 Å². The highest BCUT2D eigenvalue weighted by Gasteiger charge is 2.39. The van der Waals surface area contributed by atoms with Crippen molar-refractivity contribution < 1.29 is 9.53 Å². The summed E-state index contributed by atoms with van der Waals surface area (Å²) in [6, 6.07) is 5.91. The lowest BCUT2D eigenvalue weighted by Crippen LogP contribution is -2.52. The lowest BCUT2D eigenvalue weighted by atomic mass is 9.80. The van der Waals surface area contributed by atoms with Gasteiger partial charge < -0.3 is 9.64 Å². The van der Waals surface area contributed by atoms with Gasteiger partial charge in [0, 0.05) is 11.6 Å². The van der Waals surface area contributed by atoms with E-state index in [1.807, 2.05) is 23.1 Å². The summed E-state index contributed by atoms with van der Waals surface area (Å²) < 4.78 is 5.27. The van der Waals surface area contributed by atoms with E-state index < -0.39 is 0 Å². The van der Waals surface area contributed by atoms with Gasteiger partial charge in [0.2, 0.25) is 5.91 Å². The zero-order chi connectivity index (χ0) is 14.2. The molecule has 4 heteroatoms. The third-order valence-electron chi connectivity index (χ3n) is 3.78. The van der Waals surface area contributed by atoms with E-state index in [4.69, 9.17) is 16.3 Å². The predicted octanol–water partition coefficient (Wildman–Crippen LogP) is 3.55. The van der Waals surface area contributed by atoms with E-state index in [9.17, 15) is 4.79 Å². The Balaban J connectivity index is 2.59. The van der Waals surface area contributed by atoms with Crippen LogP contribution >= 0.6 is 11.6 Å². The summed E-state index contributed by atoms with van der Waals surface area (Å²) in [5, 5.41) is 0. The summed E-state index contributed by atoms with van der Waals surface area (Å²) in [5.74, 6) is 1.11. The van der Waals surface area contributed by atoms with Crippen molar-refractivity contribution in [3.8, 4) is 5.75 Å². The highest BCUT2D eigenvalue weighted by Crippen LogP contribution is 2.44. The molecule has 0 fully saturated rings. The lowest BCUT2D eigenvalue weighted by molar-refractivity contribution is -0.117. The van der Waals surface area contributed by atoms with Crippen LogP contribution in [0.15, 0.2) is 18.2 Å². The van der Waals surface area contributed by atoms with Crippen molar-refractivity contribution in [2.75, 3.05) is 17.9 Å². The summed E-state index contributed by atoms with van der Waals surface area (Å²) in [6.45, 7) is 6.35. The van der Waals surface area contributed by atoms with Gasteiger partial charge in [-0.3, -0.25) is 4.79 Å². The fourth-order valence-corrected chi connectivity index (χ4v) is 3.19. The third kappa shape index (κ3) is 2.44. The van der Waals surface area contributed by atoms with Crippen LogP contribution in [-0.2, 0) is 4.79 Å². The van der Waals surface area contributed by atoms with Gasteiger partial charge in [-0.05, 0) is 37.8 Å². The van der Waals surface area contributed by atoms with E-state index in [1.54, 1.807) is 7.11 Å². The first-order valence-electron chi connectivity index (χ1n) is 6.47. The van der Waals surface area contributed by atoms with Crippen LogP contribution in [0.5, 0.6) is 5.75 Å². The van der Waals surface area contributed by atoms with E-state index in [2.05, 4.69) is 20.8 Å². The van der Waals surface area contributed by atoms with Crippen LogP contribution in [0.25, 0.3) is 0 Å². The summed E-state index contributed by atoms with van der Waals surface area (Å²) in [5.41, 5.74) is 1.87. The number of carbonyl (C=O) groups excluding carboxylic acids is 1. The van der Waals surface area contributed by atoms with Crippen molar-refractivity contribution in [2.24, 2.45) is 0 Å². The number of benzene rings is 1. The molecule has 0 saturated carbocycles. The quantitative estimate of drug-likeness (QED) is 0.776. The highest BCUT2D eigenvalue weighted by atomic mass is 35.5. The Morgan fingerprint density at radius 3 is 2.79 bits per heavy atom. The number of amides is 1. The van der Waals surface area contributed by atoms with Gasteiger partial charge in [0.15, 0.2) is 0 Å². The molecule has 0 spiro atoms. The standard InChI is InChI=1S/C15H20ClNO2/c1-10-8-15(2,3)17(14(18)9-16)13-7-11(19-4)5-6-12(10)13/h5-7,10H,8-9H2,1-4H3. The molecular formula is C15H20ClNO2. The Morgan fingerprint density at radius 1 is 1.53 bits per heavy atom. The molecule has 0 N–H and O–H groups in total. The zero-order valence-electron chi connectivity index (χ0n) is 11.9. The molecule has 1 amide bonds. The molecule has 0 radical (unpaired) electrons. The number of methoxy groups -OCH3 is 1. The van der Waals surface area contributed by atoms with Crippen molar-refractivity contribution in [1.82, 2.24) is 0 Å². The molecule has 104 valence electrons. The predicted molar refractivity (Wildman–Crippen MR) is 78.3 cm³/mol. The maximum Gasteiger partial charge on any atom is 0.242 e. The molecular weight excluding hydrogens is 262 g/mol. The molecule has 0 saturated heterocycles. The van der Waals surface area contributed by atoms with E-state index in [0.29, 0.717) is 5.92 Å². The molecule has 19 heavy (non-hydrogen) atoms. The third-order valence-corrected chi connectivity index (χ3v) is 4.01. The van der Waals surface area contributed by atoms with Crippen LogP contribution in [0.3, 0.4) is 0 Å².